The van der Waals surface area contributed by atoms with Gasteiger partial charge < -0.3 is 5.11 Å². The van der Waals surface area contributed by atoms with Crippen molar-refractivity contribution < 1.29 is 18.3 Å². The molecule has 0 fully saturated rings. The molecule has 1 aromatic heterocycles. The molecule has 1 heterocycles. The summed E-state index contributed by atoms with van der Waals surface area (Å²) in [4.78, 5) is 14.9. The number of nitrogens with one attached hydrogen (secondary N) is 1. The number of aromatic nitrogens is 1. The number of hydrogen-bond donors (Lipinski definition) is 2. The predicted molar refractivity (Wildman–Crippen MR) is 80.9 cm³/mol. The van der Waals surface area contributed by atoms with Crippen LogP contribution in [0.15, 0.2) is 45.9 Å². The highest BCUT2D eigenvalue weighted by molar-refractivity contribution is 9.10. The average molecular weight is 371 g/mol. The van der Waals surface area contributed by atoms with Crippen LogP contribution >= 0.6 is 15.9 Å². The lowest BCUT2D eigenvalue weighted by molar-refractivity contribution is 0.0695. The van der Waals surface area contributed by atoms with Gasteiger partial charge in [0.05, 0.1) is 16.1 Å². The Kier molecular flexibility index (Phi) is 4.29. The second kappa shape index (κ2) is 5.82. The van der Waals surface area contributed by atoms with Crippen molar-refractivity contribution in [2.45, 2.75) is 11.8 Å². The van der Waals surface area contributed by atoms with E-state index in [1.54, 1.807) is 13.0 Å². The van der Waals surface area contributed by atoms with Gasteiger partial charge in [0.2, 0.25) is 0 Å². The van der Waals surface area contributed by atoms with E-state index in [2.05, 4.69) is 25.6 Å². The minimum atomic E-state index is -3.86. The number of rotatable bonds is 4. The maximum atomic E-state index is 12.3. The number of anilines is 1. The quantitative estimate of drug-likeness (QED) is 0.862. The van der Waals surface area contributed by atoms with Crippen LogP contribution in [0.5, 0.6) is 0 Å². The number of halogens is 1. The monoisotopic (exact) mass is 370 g/mol. The molecule has 0 saturated carbocycles. The van der Waals surface area contributed by atoms with Crippen molar-refractivity contribution in [3.05, 3.63) is 52.3 Å². The van der Waals surface area contributed by atoms with Gasteiger partial charge in [-0.05, 0) is 53.2 Å². The first-order valence-electron chi connectivity index (χ1n) is 5.78. The molecule has 1 aromatic carbocycles. The van der Waals surface area contributed by atoms with Crippen LogP contribution in [-0.2, 0) is 10.0 Å². The Bertz CT molecular complexity index is 806. The first-order chi connectivity index (χ1) is 9.79. The highest BCUT2D eigenvalue weighted by Crippen LogP contribution is 2.23. The first kappa shape index (κ1) is 15.5. The van der Waals surface area contributed by atoms with Gasteiger partial charge in [-0.25, -0.2) is 13.2 Å². The topological polar surface area (TPSA) is 96.4 Å². The molecule has 0 amide bonds. The molecular formula is C13H11BrN2O4S. The molecule has 6 nitrogen and oxygen atoms in total. The number of carbonyl (C=O) groups is 1. The summed E-state index contributed by atoms with van der Waals surface area (Å²) in [7, 11) is -3.86. The van der Waals surface area contributed by atoms with Crippen molar-refractivity contribution in [2.75, 3.05) is 4.72 Å². The van der Waals surface area contributed by atoms with E-state index >= 15 is 0 Å². The Morgan fingerprint density at radius 1 is 1.29 bits per heavy atom. The largest absolute Gasteiger partial charge is 0.478 e. The molecule has 0 saturated heterocycles. The Labute approximate surface area is 130 Å². The summed E-state index contributed by atoms with van der Waals surface area (Å²) in [5, 5.41) is 9.03. The minimum Gasteiger partial charge on any atom is -0.478 e. The summed E-state index contributed by atoms with van der Waals surface area (Å²) in [5.74, 6) is -1.21. The third-order valence-electron chi connectivity index (χ3n) is 2.63. The number of nitrogens with zero attached hydrogens (tertiary/aromatic N) is 1. The van der Waals surface area contributed by atoms with E-state index in [0.29, 0.717) is 15.9 Å². The summed E-state index contributed by atoms with van der Waals surface area (Å²) < 4.78 is 27.2. The number of carboxylic acids is 1. The van der Waals surface area contributed by atoms with Gasteiger partial charge in [0.15, 0.2) is 0 Å². The summed E-state index contributed by atoms with van der Waals surface area (Å²) in [6, 6.07) is 6.90. The molecule has 21 heavy (non-hydrogen) atoms. The molecular weight excluding hydrogens is 360 g/mol. The number of hydrogen-bond acceptors (Lipinski definition) is 4. The number of aromatic carboxylic acids is 1. The smallest absolute Gasteiger partial charge is 0.336 e. The number of aryl methyl sites for hydroxylation is 1. The number of sulfonamides is 1. The molecule has 0 aliphatic carbocycles. The van der Waals surface area contributed by atoms with Gasteiger partial charge in [0.25, 0.3) is 10.0 Å². The lowest BCUT2D eigenvalue weighted by Crippen LogP contribution is -2.14. The Morgan fingerprint density at radius 3 is 2.62 bits per heavy atom. The molecule has 0 unspecified atom stereocenters. The van der Waals surface area contributed by atoms with Gasteiger partial charge in [-0.2, -0.15) is 0 Å². The van der Waals surface area contributed by atoms with Gasteiger partial charge in [0, 0.05) is 16.4 Å². The SMILES string of the molecule is Cc1cc(NS(=O)(=O)c2ccc(Br)c(C(=O)O)c2)ccn1. The molecule has 8 heteroatoms. The Balaban J connectivity index is 2.40. The number of pyridine rings is 1. The summed E-state index contributed by atoms with van der Waals surface area (Å²) in [6.45, 7) is 1.74. The third-order valence-corrected chi connectivity index (χ3v) is 4.70. The molecule has 0 aliphatic heterocycles. The first-order valence-corrected chi connectivity index (χ1v) is 8.05. The highest BCUT2D eigenvalue weighted by Gasteiger charge is 2.18. The van der Waals surface area contributed by atoms with Crippen molar-refractivity contribution in [1.82, 2.24) is 4.98 Å². The standard InChI is InChI=1S/C13H11BrN2O4S/c1-8-6-9(4-5-15-8)16-21(19,20)10-2-3-12(14)11(7-10)13(17)18/h2-7H,1H3,(H,15,16)(H,17,18). The van der Waals surface area contributed by atoms with Crippen LogP contribution in [0.1, 0.15) is 16.1 Å². The molecule has 2 N–H and O–H groups in total. The fraction of sp³-hybridized carbons (Fsp3) is 0.0769. The van der Waals surface area contributed by atoms with Crippen LogP contribution in [0.4, 0.5) is 5.69 Å². The Morgan fingerprint density at radius 2 is 2.00 bits per heavy atom. The van der Waals surface area contributed by atoms with Crippen LogP contribution in [0.25, 0.3) is 0 Å². The molecule has 2 rings (SSSR count). The second-order valence-corrected chi connectivity index (χ2v) is 6.77. The van der Waals surface area contributed by atoms with Crippen LogP contribution < -0.4 is 4.72 Å². The van der Waals surface area contributed by atoms with Gasteiger partial charge in [0.1, 0.15) is 0 Å². The van der Waals surface area contributed by atoms with Gasteiger partial charge >= 0.3 is 5.97 Å². The summed E-state index contributed by atoms with van der Waals surface area (Å²) >= 11 is 3.07. The van der Waals surface area contributed by atoms with Crippen molar-refractivity contribution in [3.8, 4) is 0 Å². The van der Waals surface area contributed by atoms with Crippen LogP contribution in [-0.4, -0.2) is 24.5 Å². The Hall–Kier alpha value is -1.93. The van der Waals surface area contributed by atoms with E-state index in [1.165, 1.54) is 24.4 Å². The minimum absolute atomic E-state index is 0.121. The van der Waals surface area contributed by atoms with Gasteiger partial charge in [-0.1, -0.05) is 0 Å². The molecule has 0 aliphatic rings. The van der Waals surface area contributed by atoms with E-state index in [4.69, 9.17) is 5.11 Å². The van der Waals surface area contributed by atoms with E-state index < -0.39 is 16.0 Å². The van der Waals surface area contributed by atoms with Gasteiger partial charge in [-0.3, -0.25) is 9.71 Å². The van der Waals surface area contributed by atoms with Crippen molar-refractivity contribution in [1.29, 1.82) is 0 Å². The number of benzene rings is 1. The van der Waals surface area contributed by atoms with E-state index in [1.807, 2.05) is 0 Å². The lowest BCUT2D eigenvalue weighted by atomic mass is 10.2. The molecule has 2 aromatic rings. The van der Waals surface area contributed by atoms with E-state index in [9.17, 15) is 13.2 Å². The zero-order valence-corrected chi connectivity index (χ0v) is 13.3. The van der Waals surface area contributed by atoms with E-state index in [0.717, 1.165) is 6.07 Å². The maximum absolute atomic E-state index is 12.3. The summed E-state index contributed by atoms with van der Waals surface area (Å²) in [5.41, 5.74) is 0.906. The maximum Gasteiger partial charge on any atom is 0.336 e. The fourth-order valence-corrected chi connectivity index (χ4v) is 3.15. The summed E-state index contributed by atoms with van der Waals surface area (Å²) in [6.07, 6.45) is 1.48. The molecule has 0 bridgehead atoms. The molecule has 110 valence electrons. The molecule has 0 atom stereocenters. The predicted octanol–water partition coefficient (Wildman–Crippen LogP) is 2.65. The second-order valence-electron chi connectivity index (χ2n) is 4.24. The zero-order chi connectivity index (χ0) is 15.6. The van der Waals surface area contributed by atoms with Crippen LogP contribution in [0.3, 0.4) is 0 Å². The zero-order valence-electron chi connectivity index (χ0n) is 10.9. The van der Waals surface area contributed by atoms with Gasteiger partial charge in [-0.15, -0.1) is 0 Å². The molecule has 0 radical (unpaired) electrons. The average Bonchev–Trinajstić information content (AvgIpc) is 2.38. The van der Waals surface area contributed by atoms with Crippen LogP contribution in [0, 0.1) is 6.92 Å². The van der Waals surface area contributed by atoms with Crippen molar-refractivity contribution in [2.24, 2.45) is 0 Å². The van der Waals surface area contributed by atoms with Crippen molar-refractivity contribution >= 4 is 37.6 Å². The van der Waals surface area contributed by atoms with Crippen LogP contribution in [0.2, 0.25) is 0 Å². The highest BCUT2D eigenvalue weighted by atomic mass is 79.9. The van der Waals surface area contributed by atoms with Crippen molar-refractivity contribution in [3.63, 3.8) is 0 Å². The third kappa shape index (κ3) is 3.59. The fourth-order valence-electron chi connectivity index (χ4n) is 1.66. The molecule has 0 spiro atoms. The van der Waals surface area contributed by atoms with E-state index in [-0.39, 0.29) is 10.5 Å². The number of carboxylic acid groups (broad SMARTS) is 1. The lowest BCUT2D eigenvalue weighted by Gasteiger charge is -2.09. The normalized spacial score (nSPS) is 11.1.